The molecule has 0 saturated heterocycles. The monoisotopic (exact) mass is 229 g/mol. The van der Waals surface area contributed by atoms with Crippen molar-refractivity contribution in [3.05, 3.63) is 29.3 Å². The number of halogens is 2. The molecule has 0 fully saturated rings. The number of aryl methyl sites for hydroxylation is 1. The van der Waals surface area contributed by atoms with Crippen LogP contribution in [0.3, 0.4) is 0 Å². The molecule has 0 radical (unpaired) electrons. The molecule has 0 aliphatic heterocycles. The van der Waals surface area contributed by atoms with Crippen LogP contribution in [0, 0.1) is 11.6 Å². The van der Waals surface area contributed by atoms with Gasteiger partial charge < -0.3 is 10.5 Å². The van der Waals surface area contributed by atoms with Gasteiger partial charge in [0.2, 0.25) is 0 Å². The van der Waals surface area contributed by atoms with Gasteiger partial charge >= 0.3 is 0 Å². The first-order chi connectivity index (χ1) is 7.54. The highest BCUT2D eigenvalue weighted by molar-refractivity contribution is 5.30. The molecule has 1 aromatic carbocycles. The second kappa shape index (κ2) is 5.80. The SMILES string of the molecule is COc1cc(F)c(CCCC(C)N)cc1F. The van der Waals surface area contributed by atoms with E-state index in [4.69, 9.17) is 5.73 Å². The van der Waals surface area contributed by atoms with Crippen molar-refractivity contribution in [3.63, 3.8) is 0 Å². The molecular weight excluding hydrogens is 212 g/mol. The number of rotatable bonds is 5. The number of hydrogen-bond donors (Lipinski definition) is 1. The Balaban J connectivity index is 2.70. The van der Waals surface area contributed by atoms with Crippen LogP contribution in [0.15, 0.2) is 12.1 Å². The quantitative estimate of drug-likeness (QED) is 0.842. The fourth-order valence-electron chi connectivity index (χ4n) is 1.53. The van der Waals surface area contributed by atoms with Crippen molar-refractivity contribution < 1.29 is 13.5 Å². The average molecular weight is 229 g/mol. The molecule has 0 heterocycles. The maximum atomic E-state index is 13.5. The Labute approximate surface area is 94.4 Å². The lowest BCUT2D eigenvalue weighted by Crippen LogP contribution is -2.14. The third-order valence-corrected chi connectivity index (χ3v) is 2.43. The Hall–Kier alpha value is -1.16. The largest absolute Gasteiger partial charge is 0.494 e. The minimum Gasteiger partial charge on any atom is -0.494 e. The lowest BCUT2D eigenvalue weighted by Gasteiger charge is -2.08. The highest BCUT2D eigenvalue weighted by Gasteiger charge is 2.10. The molecule has 0 amide bonds. The van der Waals surface area contributed by atoms with Crippen molar-refractivity contribution in [2.75, 3.05) is 7.11 Å². The van der Waals surface area contributed by atoms with Crippen LogP contribution < -0.4 is 10.5 Å². The molecule has 90 valence electrons. The molecule has 0 saturated carbocycles. The summed E-state index contributed by atoms with van der Waals surface area (Å²) in [6.45, 7) is 1.89. The molecule has 2 N–H and O–H groups in total. The van der Waals surface area contributed by atoms with E-state index in [-0.39, 0.29) is 11.8 Å². The van der Waals surface area contributed by atoms with Crippen molar-refractivity contribution >= 4 is 0 Å². The van der Waals surface area contributed by atoms with Crippen LogP contribution in [0.2, 0.25) is 0 Å². The van der Waals surface area contributed by atoms with Gasteiger partial charge in [-0.1, -0.05) is 0 Å². The van der Waals surface area contributed by atoms with E-state index in [1.165, 1.54) is 13.2 Å². The van der Waals surface area contributed by atoms with E-state index < -0.39 is 11.6 Å². The summed E-state index contributed by atoms with van der Waals surface area (Å²) in [6.07, 6.45) is 2.04. The van der Waals surface area contributed by atoms with Crippen LogP contribution in [-0.2, 0) is 6.42 Å². The van der Waals surface area contributed by atoms with E-state index in [2.05, 4.69) is 4.74 Å². The number of hydrogen-bond acceptors (Lipinski definition) is 2. The van der Waals surface area contributed by atoms with Gasteiger partial charge in [0.15, 0.2) is 11.6 Å². The van der Waals surface area contributed by atoms with E-state index >= 15 is 0 Å². The summed E-state index contributed by atoms with van der Waals surface area (Å²) in [5.41, 5.74) is 5.96. The van der Waals surface area contributed by atoms with E-state index in [0.717, 1.165) is 18.9 Å². The molecule has 1 unspecified atom stereocenters. The zero-order chi connectivity index (χ0) is 12.1. The summed E-state index contributed by atoms with van der Waals surface area (Å²) in [7, 11) is 1.31. The highest BCUT2D eigenvalue weighted by atomic mass is 19.1. The predicted molar refractivity (Wildman–Crippen MR) is 59.5 cm³/mol. The number of methoxy groups -OCH3 is 1. The van der Waals surface area contributed by atoms with Crippen molar-refractivity contribution in [1.29, 1.82) is 0 Å². The number of benzene rings is 1. The van der Waals surface area contributed by atoms with Gasteiger partial charge in [0.1, 0.15) is 5.82 Å². The fraction of sp³-hybridized carbons (Fsp3) is 0.500. The van der Waals surface area contributed by atoms with E-state index in [1.54, 1.807) is 0 Å². The Bertz CT molecular complexity index is 353. The zero-order valence-electron chi connectivity index (χ0n) is 9.59. The minimum absolute atomic E-state index is 0.0616. The lowest BCUT2D eigenvalue weighted by molar-refractivity contribution is 0.381. The van der Waals surface area contributed by atoms with E-state index in [1.807, 2.05) is 6.92 Å². The third-order valence-electron chi connectivity index (χ3n) is 2.43. The van der Waals surface area contributed by atoms with Crippen molar-refractivity contribution in [3.8, 4) is 5.75 Å². The predicted octanol–water partition coefficient (Wildman–Crippen LogP) is 2.64. The van der Waals surface area contributed by atoms with Gasteiger partial charge in [0.05, 0.1) is 7.11 Å². The minimum atomic E-state index is -0.528. The molecule has 1 rings (SSSR count). The van der Waals surface area contributed by atoms with Crippen molar-refractivity contribution in [2.45, 2.75) is 32.2 Å². The van der Waals surface area contributed by atoms with Crippen LogP contribution in [-0.4, -0.2) is 13.2 Å². The average Bonchev–Trinajstić information content (AvgIpc) is 2.22. The molecule has 0 aliphatic carbocycles. The van der Waals surface area contributed by atoms with Gasteiger partial charge in [0.25, 0.3) is 0 Å². The first-order valence-corrected chi connectivity index (χ1v) is 5.32. The summed E-state index contributed by atoms with van der Waals surface area (Å²) >= 11 is 0. The Morgan fingerprint density at radius 3 is 2.56 bits per heavy atom. The van der Waals surface area contributed by atoms with Crippen molar-refractivity contribution in [1.82, 2.24) is 0 Å². The maximum absolute atomic E-state index is 13.5. The second-order valence-electron chi connectivity index (χ2n) is 3.95. The third kappa shape index (κ3) is 3.45. The molecule has 0 spiro atoms. The summed E-state index contributed by atoms with van der Waals surface area (Å²) in [5.74, 6) is -1.02. The summed E-state index contributed by atoms with van der Waals surface area (Å²) in [4.78, 5) is 0. The summed E-state index contributed by atoms with van der Waals surface area (Å²) < 4.78 is 31.5. The molecule has 0 bridgehead atoms. The van der Waals surface area contributed by atoms with Crippen LogP contribution in [0.1, 0.15) is 25.3 Å². The smallest absolute Gasteiger partial charge is 0.165 e. The summed E-state index contributed by atoms with van der Waals surface area (Å²) in [5, 5.41) is 0. The second-order valence-corrected chi connectivity index (χ2v) is 3.95. The van der Waals surface area contributed by atoms with Gasteiger partial charge in [-0.25, -0.2) is 8.78 Å². The van der Waals surface area contributed by atoms with E-state index in [0.29, 0.717) is 12.0 Å². The Morgan fingerprint density at radius 2 is 2.00 bits per heavy atom. The van der Waals surface area contributed by atoms with Crippen LogP contribution in [0.4, 0.5) is 8.78 Å². The standard InChI is InChI=1S/C12H17F2NO/c1-8(15)4-3-5-9-6-11(14)12(16-2)7-10(9)13/h6-8H,3-5,15H2,1-2H3. The zero-order valence-corrected chi connectivity index (χ0v) is 9.59. The first-order valence-electron chi connectivity index (χ1n) is 5.32. The molecule has 2 nitrogen and oxygen atoms in total. The van der Waals surface area contributed by atoms with Crippen LogP contribution in [0.5, 0.6) is 5.75 Å². The topological polar surface area (TPSA) is 35.2 Å². The molecule has 1 atom stereocenters. The van der Waals surface area contributed by atoms with Gasteiger partial charge in [-0.2, -0.15) is 0 Å². The number of nitrogens with two attached hydrogens (primary N) is 1. The van der Waals surface area contributed by atoms with E-state index in [9.17, 15) is 8.78 Å². The molecular formula is C12H17F2NO. The number of ether oxygens (including phenoxy) is 1. The van der Waals surface area contributed by atoms with Crippen LogP contribution >= 0.6 is 0 Å². The fourth-order valence-corrected chi connectivity index (χ4v) is 1.53. The van der Waals surface area contributed by atoms with Gasteiger partial charge in [0, 0.05) is 12.1 Å². The Kier molecular flexibility index (Phi) is 4.68. The molecule has 1 aromatic rings. The summed E-state index contributed by atoms with van der Waals surface area (Å²) in [6, 6.07) is 2.36. The normalized spacial score (nSPS) is 12.6. The van der Waals surface area contributed by atoms with Gasteiger partial charge in [-0.3, -0.25) is 0 Å². The Morgan fingerprint density at radius 1 is 1.31 bits per heavy atom. The molecule has 0 aliphatic rings. The first kappa shape index (κ1) is 12.9. The van der Waals surface area contributed by atoms with Crippen molar-refractivity contribution in [2.24, 2.45) is 5.73 Å². The van der Waals surface area contributed by atoms with Gasteiger partial charge in [-0.05, 0) is 37.8 Å². The highest BCUT2D eigenvalue weighted by Crippen LogP contribution is 2.22. The van der Waals surface area contributed by atoms with Crippen LogP contribution in [0.25, 0.3) is 0 Å². The molecule has 16 heavy (non-hydrogen) atoms. The van der Waals surface area contributed by atoms with Gasteiger partial charge in [-0.15, -0.1) is 0 Å². The molecule has 0 aromatic heterocycles. The molecule has 4 heteroatoms. The lowest BCUT2D eigenvalue weighted by atomic mass is 10.0. The maximum Gasteiger partial charge on any atom is 0.165 e.